The Labute approximate surface area is 158 Å². The van der Waals surface area contributed by atoms with Crippen molar-refractivity contribution in [3.8, 4) is 17.1 Å². The highest BCUT2D eigenvalue weighted by atomic mass is 16.5. The van der Waals surface area contributed by atoms with E-state index in [1.54, 1.807) is 13.4 Å². The van der Waals surface area contributed by atoms with E-state index in [2.05, 4.69) is 11.0 Å². The molecule has 0 atom stereocenters. The summed E-state index contributed by atoms with van der Waals surface area (Å²) in [6.45, 7) is 2.96. The van der Waals surface area contributed by atoms with E-state index >= 15 is 0 Å². The number of carbonyl (C=O) groups is 1. The molecule has 138 valence electrons. The number of rotatable bonds is 4. The lowest BCUT2D eigenvalue weighted by Gasteiger charge is -2.36. The van der Waals surface area contributed by atoms with Crippen LogP contribution in [-0.2, 0) is 0 Å². The molecular formula is C22H22N2O3. The molecule has 4 rings (SSSR count). The minimum atomic E-state index is 0.0701. The van der Waals surface area contributed by atoms with Crippen LogP contribution < -0.4 is 9.64 Å². The number of carbonyl (C=O) groups excluding carboxylic acids is 1. The Hall–Kier alpha value is -3.21. The fraction of sp³-hybridized carbons (Fsp3) is 0.227. The minimum Gasteiger partial charge on any atom is -0.495 e. The van der Waals surface area contributed by atoms with Crippen LogP contribution in [0.2, 0.25) is 0 Å². The summed E-state index contributed by atoms with van der Waals surface area (Å²) in [5.74, 6) is 1.74. The van der Waals surface area contributed by atoms with Crippen LogP contribution >= 0.6 is 0 Å². The summed E-state index contributed by atoms with van der Waals surface area (Å²) in [6, 6.07) is 19.4. The quantitative estimate of drug-likeness (QED) is 0.706. The fourth-order valence-electron chi connectivity index (χ4n) is 3.44. The lowest BCUT2D eigenvalue weighted by molar-refractivity contribution is 0.0746. The van der Waals surface area contributed by atoms with Gasteiger partial charge >= 0.3 is 0 Å². The van der Waals surface area contributed by atoms with Gasteiger partial charge in [0.1, 0.15) is 11.5 Å². The summed E-state index contributed by atoms with van der Waals surface area (Å²) in [6.07, 6.45) is 1.65. The summed E-state index contributed by atoms with van der Waals surface area (Å²) in [5.41, 5.74) is 2.75. The highest BCUT2D eigenvalue weighted by molar-refractivity contribution is 5.94. The lowest BCUT2D eigenvalue weighted by atomic mass is 10.1. The number of anilines is 1. The SMILES string of the molecule is COc1ccccc1N1CCN(C(=O)c2ccc(-c3ccco3)cc2)CC1. The number of piperazine rings is 1. The van der Waals surface area contributed by atoms with Gasteiger partial charge in [-0.15, -0.1) is 0 Å². The van der Waals surface area contributed by atoms with Gasteiger partial charge in [-0.05, 0) is 36.4 Å². The molecular weight excluding hydrogens is 340 g/mol. The van der Waals surface area contributed by atoms with E-state index in [0.29, 0.717) is 18.7 Å². The Balaban J connectivity index is 1.41. The van der Waals surface area contributed by atoms with Crippen LogP contribution in [0.1, 0.15) is 10.4 Å². The van der Waals surface area contributed by atoms with Crippen LogP contribution in [0.4, 0.5) is 5.69 Å². The van der Waals surface area contributed by atoms with Crippen LogP contribution in [0.5, 0.6) is 5.75 Å². The highest BCUT2D eigenvalue weighted by Gasteiger charge is 2.23. The Morgan fingerprint density at radius 3 is 2.33 bits per heavy atom. The third kappa shape index (κ3) is 3.53. The van der Waals surface area contributed by atoms with Crippen LogP contribution in [0.3, 0.4) is 0 Å². The summed E-state index contributed by atoms with van der Waals surface area (Å²) < 4.78 is 10.9. The Morgan fingerprint density at radius 2 is 1.67 bits per heavy atom. The van der Waals surface area contributed by atoms with Crippen molar-refractivity contribution in [3.05, 3.63) is 72.5 Å². The zero-order valence-electron chi connectivity index (χ0n) is 15.3. The maximum absolute atomic E-state index is 12.8. The van der Waals surface area contributed by atoms with Gasteiger partial charge < -0.3 is 19.0 Å². The largest absolute Gasteiger partial charge is 0.495 e. The van der Waals surface area contributed by atoms with E-state index in [0.717, 1.165) is 35.9 Å². The van der Waals surface area contributed by atoms with Crippen LogP contribution in [-0.4, -0.2) is 44.1 Å². The third-order valence-corrected chi connectivity index (χ3v) is 4.93. The van der Waals surface area contributed by atoms with Crippen LogP contribution in [0.15, 0.2) is 71.3 Å². The van der Waals surface area contributed by atoms with Crippen molar-refractivity contribution in [3.63, 3.8) is 0 Å². The molecule has 2 heterocycles. The molecule has 1 aliphatic rings. The summed E-state index contributed by atoms with van der Waals surface area (Å²) in [4.78, 5) is 17.0. The molecule has 3 aromatic rings. The molecule has 27 heavy (non-hydrogen) atoms. The molecule has 1 saturated heterocycles. The van der Waals surface area contributed by atoms with Crippen molar-refractivity contribution in [2.24, 2.45) is 0 Å². The molecule has 2 aromatic carbocycles. The Kier molecular flexibility index (Phi) is 4.83. The van der Waals surface area contributed by atoms with Crippen LogP contribution in [0.25, 0.3) is 11.3 Å². The maximum Gasteiger partial charge on any atom is 0.253 e. The molecule has 0 bridgehead atoms. The number of methoxy groups -OCH3 is 1. The summed E-state index contributed by atoms with van der Waals surface area (Å²) in [7, 11) is 1.69. The third-order valence-electron chi connectivity index (χ3n) is 4.93. The first kappa shape index (κ1) is 17.2. The van der Waals surface area contributed by atoms with E-state index in [1.165, 1.54) is 0 Å². The monoisotopic (exact) mass is 362 g/mol. The van der Waals surface area contributed by atoms with Gasteiger partial charge in [0, 0.05) is 37.3 Å². The second-order valence-electron chi connectivity index (χ2n) is 6.51. The molecule has 0 spiro atoms. The summed E-state index contributed by atoms with van der Waals surface area (Å²) in [5, 5.41) is 0. The van der Waals surface area contributed by atoms with E-state index in [1.807, 2.05) is 59.5 Å². The molecule has 1 aliphatic heterocycles. The van der Waals surface area contributed by atoms with Gasteiger partial charge in [-0.1, -0.05) is 24.3 Å². The van der Waals surface area contributed by atoms with E-state index in [4.69, 9.17) is 9.15 Å². The second-order valence-corrected chi connectivity index (χ2v) is 6.51. The predicted molar refractivity (Wildman–Crippen MR) is 105 cm³/mol. The zero-order chi connectivity index (χ0) is 18.6. The Morgan fingerprint density at radius 1 is 0.926 bits per heavy atom. The van der Waals surface area contributed by atoms with E-state index < -0.39 is 0 Å². The topological polar surface area (TPSA) is 45.9 Å². The molecule has 0 radical (unpaired) electrons. The molecule has 5 nitrogen and oxygen atoms in total. The standard InChI is InChI=1S/C22H22N2O3/c1-26-21-6-3-2-5-19(21)23-12-14-24(15-13-23)22(25)18-10-8-17(9-11-18)20-7-4-16-27-20/h2-11,16H,12-15H2,1H3. The van der Waals surface area contributed by atoms with E-state index in [-0.39, 0.29) is 5.91 Å². The van der Waals surface area contributed by atoms with Gasteiger partial charge in [0.15, 0.2) is 0 Å². The van der Waals surface area contributed by atoms with Crippen molar-refractivity contribution in [2.45, 2.75) is 0 Å². The molecule has 0 aliphatic carbocycles. The number of para-hydroxylation sites is 2. The van der Waals surface area contributed by atoms with Gasteiger partial charge in [-0.25, -0.2) is 0 Å². The smallest absolute Gasteiger partial charge is 0.253 e. The minimum absolute atomic E-state index is 0.0701. The number of nitrogens with zero attached hydrogens (tertiary/aromatic N) is 2. The lowest BCUT2D eigenvalue weighted by Crippen LogP contribution is -2.48. The molecule has 0 unspecified atom stereocenters. The average molecular weight is 362 g/mol. The number of amides is 1. The molecule has 1 amide bonds. The fourth-order valence-corrected chi connectivity index (χ4v) is 3.44. The number of benzene rings is 2. The van der Waals surface area contributed by atoms with Crippen molar-refractivity contribution in [1.29, 1.82) is 0 Å². The van der Waals surface area contributed by atoms with Gasteiger partial charge in [0.25, 0.3) is 5.91 Å². The van der Waals surface area contributed by atoms with Gasteiger partial charge in [0.05, 0.1) is 19.1 Å². The van der Waals surface area contributed by atoms with Gasteiger partial charge in [-0.3, -0.25) is 4.79 Å². The number of ether oxygens (including phenoxy) is 1. The average Bonchev–Trinajstić information content (AvgIpc) is 3.28. The number of hydrogen-bond donors (Lipinski definition) is 0. The second kappa shape index (κ2) is 7.58. The zero-order valence-corrected chi connectivity index (χ0v) is 15.3. The molecule has 1 aromatic heterocycles. The number of furan rings is 1. The first-order valence-electron chi connectivity index (χ1n) is 9.07. The van der Waals surface area contributed by atoms with Crippen LogP contribution in [0, 0.1) is 0 Å². The molecule has 0 N–H and O–H groups in total. The number of hydrogen-bond acceptors (Lipinski definition) is 4. The molecule has 5 heteroatoms. The summed E-state index contributed by atoms with van der Waals surface area (Å²) >= 11 is 0. The molecule has 0 saturated carbocycles. The first-order valence-corrected chi connectivity index (χ1v) is 9.07. The van der Waals surface area contributed by atoms with Crippen molar-refractivity contribution >= 4 is 11.6 Å². The predicted octanol–water partition coefficient (Wildman–Crippen LogP) is 3.92. The normalized spacial score (nSPS) is 14.3. The van der Waals surface area contributed by atoms with Crippen molar-refractivity contribution in [2.75, 3.05) is 38.2 Å². The van der Waals surface area contributed by atoms with Crippen molar-refractivity contribution < 1.29 is 13.9 Å². The van der Waals surface area contributed by atoms with Crippen molar-refractivity contribution in [1.82, 2.24) is 4.90 Å². The maximum atomic E-state index is 12.8. The molecule has 1 fully saturated rings. The highest BCUT2D eigenvalue weighted by Crippen LogP contribution is 2.28. The van der Waals surface area contributed by atoms with Gasteiger partial charge in [0.2, 0.25) is 0 Å². The Bertz CT molecular complexity index is 896. The van der Waals surface area contributed by atoms with Gasteiger partial charge in [-0.2, -0.15) is 0 Å². The van der Waals surface area contributed by atoms with E-state index in [9.17, 15) is 4.79 Å². The first-order chi connectivity index (χ1) is 13.3.